The van der Waals surface area contributed by atoms with E-state index in [1.165, 1.54) is 0 Å². The first-order valence-corrected chi connectivity index (χ1v) is 5.66. The van der Waals surface area contributed by atoms with Gasteiger partial charge in [-0.1, -0.05) is 6.92 Å². The molecule has 0 aromatic carbocycles. The number of aliphatic carboxylic acids is 1. The molecule has 17 heavy (non-hydrogen) atoms. The Morgan fingerprint density at radius 3 is 2.88 bits per heavy atom. The Labute approximate surface area is 100 Å². The standard InChI is InChI=1S/C11H17N3O3/c1-8-3-2-6-14(10(8)11(16)17)7-9(15)13-5-4-12/h8,10H,2-3,5-7H2,1H3,(H,13,15)(H,16,17). The second kappa shape index (κ2) is 6.21. The van der Waals surface area contributed by atoms with E-state index in [0.29, 0.717) is 6.54 Å². The van der Waals surface area contributed by atoms with Crippen molar-refractivity contribution in [1.29, 1.82) is 5.26 Å². The molecule has 1 aliphatic rings. The molecule has 6 nitrogen and oxygen atoms in total. The van der Waals surface area contributed by atoms with Crippen LogP contribution in [0.2, 0.25) is 0 Å². The Morgan fingerprint density at radius 2 is 2.29 bits per heavy atom. The van der Waals surface area contributed by atoms with E-state index in [-0.39, 0.29) is 24.9 Å². The third-order valence-corrected chi connectivity index (χ3v) is 3.00. The number of nitrogens with zero attached hydrogens (tertiary/aromatic N) is 2. The van der Waals surface area contributed by atoms with Crippen LogP contribution in [-0.4, -0.2) is 47.6 Å². The first-order chi connectivity index (χ1) is 8.06. The van der Waals surface area contributed by atoms with Crippen molar-refractivity contribution >= 4 is 11.9 Å². The highest BCUT2D eigenvalue weighted by atomic mass is 16.4. The van der Waals surface area contributed by atoms with E-state index in [0.717, 1.165) is 12.8 Å². The predicted molar refractivity (Wildman–Crippen MR) is 60.0 cm³/mol. The number of nitriles is 1. The average molecular weight is 239 g/mol. The molecule has 2 N–H and O–H groups in total. The molecule has 0 saturated carbocycles. The molecule has 0 radical (unpaired) electrons. The number of likely N-dealkylation sites (tertiary alicyclic amines) is 1. The van der Waals surface area contributed by atoms with E-state index < -0.39 is 12.0 Å². The van der Waals surface area contributed by atoms with Crippen LogP contribution in [0.5, 0.6) is 0 Å². The van der Waals surface area contributed by atoms with Crippen molar-refractivity contribution in [3.63, 3.8) is 0 Å². The lowest BCUT2D eigenvalue weighted by atomic mass is 9.91. The van der Waals surface area contributed by atoms with Crippen LogP contribution >= 0.6 is 0 Å². The molecule has 1 aliphatic heterocycles. The smallest absolute Gasteiger partial charge is 0.321 e. The maximum atomic E-state index is 11.4. The zero-order chi connectivity index (χ0) is 12.8. The van der Waals surface area contributed by atoms with Crippen molar-refractivity contribution in [1.82, 2.24) is 10.2 Å². The van der Waals surface area contributed by atoms with Crippen molar-refractivity contribution < 1.29 is 14.7 Å². The summed E-state index contributed by atoms with van der Waals surface area (Å²) in [7, 11) is 0. The van der Waals surface area contributed by atoms with Crippen molar-refractivity contribution in [2.24, 2.45) is 5.92 Å². The summed E-state index contributed by atoms with van der Waals surface area (Å²) < 4.78 is 0. The molecule has 0 spiro atoms. The molecular formula is C11H17N3O3. The van der Waals surface area contributed by atoms with Crippen LogP contribution in [0.15, 0.2) is 0 Å². The molecular weight excluding hydrogens is 222 g/mol. The summed E-state index contributed by atoms with van der Waals surface area (Å²) in [6.45, 7) is 2.50. The quantitative estimate of drug-likeness (QED) is 0.663. The number of carboxylic acid groups (broad SMARTS) is 1. The second-order valence-corrected chi connectivity index (χ2v) is 4.31. The van der Waals surface area contributed by atoms with Gasteiger partial charge in [-0.25, -0.2) is 0 Å². The normalized spacial score (nSPS) is 24.9. The van der Waals surface area contributed by atoms with Crippen LogP contribution in [0.3, 0.4) is 0 Å². The third kappa shape index (κ3) is 3.71. The molecule has 1 fully saturated rings. The predicted octanol–water partition coefficient (Wildman–Crippen LogP) is -0.189. The Bertz CT molecular complexity index is 337. The van der Waals surface area contributed by atoms with E-state index in [1.54, 1.807) is 4.90 Å². The molecule has 0 bridgehead atoms. The van der Waals surface area contributed by atoms with Crippen LogP contribution in [0.4, 0.5) is 0 Å². The summed E-state index contributed by atoms with van der Waals surface area (Å²) in [6.07, 6.45) is 1.77. The number of hydrogen-bond acceptors (Lipinski definition) is 4. The molecule has 6 heteroatoms. The van der Waals surface area contributed by atoms with Gasteiger partial charge >= 0.3 is 5.97 Å². The van der Waals surface area contributed by atoms with Gasteiger partial charge in [-0.2, -0.15) is 5.26 Å². The lowest BCUT2D eigenvalue weighted by Gasteiger charge is -2.36. The Balaban J connectivity index is 2.58. The Hall–Kier alpha value is -1.61. The van der Waals surface area contributed by atoms with E-state index in [9.17, 15) is 9.59 Å². The molecule has 0 aliphatic carbocycles. The number of rotatable bonds is 4. The molecule has 2 atom stereocenters. The number of carbonyl (C=O) groups excluding carboxylic acids is 1. The van der Waals surface area contributed by atoms with Gasteiger partial charge in [-0.05, 0) is 25.3 Å². The highest BCUT2D eigenvalue weighted by molar-refractivity contribution is 5.80. The Kier molecular flexibility index (Phi) is 4.91. The number of carboxylic acids is 1. The zero-order valence-electron chi connectivity index (χ0n) is 9.85. The fourth-order valence-corrected chi connectivity index (χ4v) is 2.23. The van der Waals surface area contributed by atoms with Crippen LogP contribution in [0.25, 0.3) is 0 Å². The van der Waals surface area contributed by atoms with Crippen LogP contribution in [-0.2, 0) is 9.59 Å². The number of amides is 1. The van der Waals surface area contributed by atoms with Gasteiger partial charge in [0, 0.05) is 0 Å². The number of piperidine rings is 1. The number of nitrogens with one attached hydrogen (secondary N) is 1. The molecule has 1 saturated heterocycles. The molecule has 1 heterocycles. The average Bonchev–Trinajstić information content (AvgIpc) is 2.25. The highest BCUT2D eigenvalue weighted by Gasteiger charge is 2.34. The van der Waals surface area contributed by atoms with Gasteiger partial charge in [-0.15, -0.1) is 0 Å². The fraction of sp³-hybridized carbons (Fsp3) is 0.727. The highest BCUT2D eigenvalue weighted by Crippen LogP contribution is 2.23. The molecule has 2 unspecified atom stereocenters. The van der Waals surface area contributed by atoms with Gasteiger partial charge in [0.25, 0.3) is 0 Å². The lowest BCUT2D eigenvalue weighted by Crippen LogP contribution is -2.52. The minimum atomic E-state index is -0.884. The molecule has 94 valence electrons. The first kappa shape index (κ1) is 13.5. The van der Waals surface area contributed by atoms with Crippen molar-refractivity contribution in [2.75, 3.05) is 19.6 Å². The summed E-state index contributed by atoms with van der Waals surface area (Å²) in [6, 6.07) is 1.21. The van der Waals surface area contributed by atoms with Crippen LogP contribution in [0.1, 0.15) is 19.8 Å². The van der Waals surface area contributed by atoms with Crippen molar-refractivity contribution in [2.45, 2.75) is 25.8 Å². The zero-order valence-corrected chi connectivity index (χ0v) is 9.85. The van der Waals surface area contributed by atoms with E-state index in [2.05, 4.69) is 5.32 Å². The summed E-state index contributed by atoms with van der Waals surface area (Å²) in [5, 5.41) is 19.9. The van der Waals surface area contributed by atoms with Crippen molar-refractivity contribution in [3.8, 4) is 6.07 Å². The largest absolute Gasteiger partial charge is 0.480 e. The third-order valence-electron chi connectivity index (χ3n) is 3.00. The van der Waals surface area contributed by atoms with E-state index >= 15 is 0 Å². The van der Waals surface area contributed by atoms with Gasteiger partial charge in [-0.3, -0.25) is 14.5 Å². The minimum Gasteiger partial charge on any atom is -0.480 e. The monoisotopic (exact) mass is 239 g/mol. The van der Waals surface area contributed by atoms with E-state index in [4.69, 9.17) is 10.4 Å². The molecule has 0 aromatic heterocycles. The number of hydrogen-bond donors (Lipinski definition) is 2. The first-order valence-electron chi connectivity index (χ1n) is 5.66. The summed E-state index contributed by atoms with van der Waals surface area (Å²) in [4.78, 5) is 24.3. The van der Waals surface area contributed by atoms with Gasteiger partial charge in [0.15, 0.2) is 0 Å². The van der Waals surface area contributed by atoms with Gasteiger partial charge in [0.1, 0.15) is 12.6 Å². The van der Waals surface area contributed by atoms with Crippen LogP contribution < -0.4 is 5.32 Å². The fourth-order valence-electron chi connectivity index (χ4n) is 2.23. The minimum absolute atomic E-state index is 0.0417. The molecule has 0 aromatic rings. The molecule has 1 rings (SSSR count). The Morgan fingerprint density at radius 1 is 1.59 bits per heavy atom. The van der Waals surface area contributed by atoms with Crippen LogP contribution in [0, 0.1) is 17.2 Å². The molecule has 1 amide bonds. The summed E-state index contributed by atoms with van der Waals surface area (Å²) in [5.74, 6) is -1.14. The van der Waals surface area contributed by atoms with Gasteiger partial charge in [0.2, 0.25) is 5.91 Å². The second-order valence-electron chi connectivity index (χ2n) is 4.31. The number of carbonyl (C=O) groups is 2. The van der Waals surface area contributed by atoms with Gasteiger partial charge < -0.3 is 10.4 Å². The maximum absolute atomic E-state index is 11.4. The SMILES string of the molecule is CC1CCCN(CC(=O)NCC#N)C1C(=O)O. The topological polar surface area (TPSA) is 93.4 Å². The lowest BCUT2D eigenvalue weighted by molar-refractivity contribution is -0.147. The maximum Gasteiger partial charge on any atom is 0.321 e. The summed E-state index contributed by atoms with van der Waals surface area (Å²) in [5.41, 5.74) is 0. The van der Waals surface area contributed by atoms with Gasteiger partial charge in [0.05, 0.1) is 12.6 Å². The van der Waals surface area contributed by atoms with E-state index in [1.807, 2.05) is 13.0 Å². The van der Waals surface area contributed by atoms with Crippen molar-refractivity contribution in [3.05, 3.63) is 0 Å². The summed E-state index contributed by atoms with van der Waals surface area (Å²) >= 11 is 0.